The summed E-state index contributed by atoms with van der Waals surface area (Å²) in [6.07, 6.45) is 8.26. The van der Waals surface area contributed by atoms with E-state index in [9.17, 15) is 0 Å². The molecule has 0 aliphatic heterocycles. The van der Waals surface area contributed by atoms with Crippen LogP contribution in [0.4, 0.5) is 0 Å². The minimum Gasteiger partial charge on any atom is -0.292 e. The van der Waals surface area contributed by atoms with E-state index in [1.54, 1.807) is 0 Å². The Bertz CT molecular complexity index is 3490. The van der Waals surface area contributed by atoms with E-state index in [2.05, 4.69) is 230 Å². The Kier molecular flexibility index (Phi) is 8.57. The lowest BCUT2D eigenvalue weighted by Gasteiger charge is -2.25. The van der Waals surface area contributed by atoms with Crippen LogP contribution in [0.1, 0.15) is 29.0 Å². The molecule has 0 amide bonds. The number of nitrogens with zero attached hydrogens (tertiary/aromatic N) is 2. The SMILES string of the molecule is Cc1ccc(-c2c3ccccc3c(C3C=C(c4c5ccccc5c(-c5cccc(-c6nc7ccccc7n6-c6ccccc6)c5)c5ccccc45)C=CC3)c3ccccc23)cc1. The molecule has 1 aliphatic rings. The minimum atomic E-state index is 0.189. The zero-order valence-electron chi connectivity index (χ0n) is 34.5. The van der Waals surface area contributed by atoms with Gasteiger partial charge in [0, 0.05) is 17.2 Å². The quantitative estimate of drug-likeness (QED) is 0.153. The monoisotopic (exact) mass is 790 g/mol. The molecule has 0 radical (unpaired) electrons. The summed E-state index contributed by atoms with van der Waals surface area (Å²) in [4.78, 5) is 5.23. The molecule has 2 heteroatoms. The number of hydrogen-bond donors (Lipinski definition) is 0. The van der Waals surface area contributed by atoms with Gasteiger partial charge in [0.15, 0.2) is 0 Å². The van der Waals surface area contributed by atoms with Gasteiger partial charge in [0.25, 0.3) is 0 Å². The highest BCUT2D eigenvalue weighted by Gasteiger charge is 2.24. The number of para-hydroxylation sites is 3. The van der Waals surface area contributed by atoms with E-state index in [1.807, 2.05) is 0 Å². The number of rotatable bonds is 6. The Morgan fingerprint density at radius 3 is 1.61 bits per heavy atom. The van der Waals surface area contributed by atoms with Crippen molar-refractivity contribution >= 4 is 59.7 Å². The van der Waals surface area contributed by atoms with Gasteiger partial charge in [0.05, 0.1) is 11.0 Å². The molecule has 0 fully saturated rings. The van der Waals surface area contributed by atoms with Crippen LogP contribution < -0.4 is 0 Å². The second-order valence-corrected chi connectivity index (χ2v) is 16.6. The van der Waals surface area contributed by atoms with Crippen molar-refractivity contribution in [1.29, 1.82) is 0 Å². The van der Waals surface area contributed by atoms with E-state index in [0.717, 1.165) is 34.5 Å². The molecule has 1 aromatic heterocycles. The van der Waals surface area contributed by atoms with Crippen LogP contribution in [0.15, 0.2) is 218 Å². The minimum absolute atomic E-state index is 0.189. The highest BCUT2D eigenvalue weighted by molar-refractivity contribution is 6.20. The van der Waals surface area contributed by atoms with Gasteiger partial charge in [0.2, 0.25) is 0 Å². The highest BCUT2D eigenvalue weighted by Crippen LogP contribution is 2.48. The first-order valence-electron chi connectivity index (χ1n) is 21.7. The number of aromatic nitrogens is 2. The molecule has 0 N–H and O–H groups in total. The third-order valence-corrected chi connectivity index (χ3v) is 13.0. The molecule has 0 spiro atoms. The summed E-state index contributed by atoms with van der Waals surface area (Å²) in [6.45, 7) is 2.16. The second kappa shape index (κ2) is 14.7. The lowest BCUT2D eigenvalue weighted by Crippen LogP contribution is -2.03. The van der Waals surface area contributed by atoms with Crippen molar-refractivity contribution in [3.8, 4) is 39.3 Å². The smallest absolute Gasteiger partial charge is 0.145 e. The zero-order chi connectivity index (χ0) is 41.1. The fraction of sp³-hybridized carbons (Fsp3) is 0.0500. The summed E-state index contributed by atoms with van der Waals surface area (Å²) in [7, 11) is 0. The average molecular weight is 791 g/mol. The Labute approximate surface area is 361 Å². The van der Waals surface area contributed by atoms with Crippen LogP contribution in [-0.2, 0) is 0 Å². The molecule has 0 saturated heterocycles. The maximum absolute atomic E-state index is 5.23. The van der Waals surface area contributed by atoms with Gasteiger partial charge in [-0.1, -0.05) is 194 Å². The van der Waals surface area contributed by atoms with E-state index < -0.39 is 0 Å². The van der Waals surface area contributed by atoms with Crippen molar-refractivity contribution in [3.05, 3.63) is 235 Å². The summed E-state index contributed by atoms with van der Waals surface area (Å²) >= 11 is 0. The van der Waals surface area contributed by atoms with Crippen LogP contribution in [0.2, 0.25) is 0 Å². The molecular formula is C60H42N2. The van der Waals surface area contributed by atoms with Crippen molar-refractivity contribution in [1.82, 2.24) is 9.55 Å². The molecule has 1 atom stereocenters. The molecule has 11 aromatic rings. The molecule has 1 aliphatic carbocycles. The molecule has 1 unspecified atom stereocenters. The van der Waals surface area contributed by atoms with Crippen molar-refractivity contribution in [2.75, 3.05) is 0 Å². The summed E-state index contributed by atoms with van der Waals surface area (Å²) in [5.41, 5.74) is 14.4. The molecule has 0 saturated carbocycles. The van der Waals surface area contributed by atoms with E-state index in [1.165, 1.54) is 87.6 Å². The highest BCUT2D eigenvalue weighted by atomic mass is 15.1. The number of imidazole rings is 1. The van der Waals surface area contributed by atoms with E-state index in [0.29, 0.717) is 0 Å². The third-order valence-electron chi connectivity index (χ3n) is 13.0. The number of aryl methyl sites for hydroxylation is 1. The van der Waals surface area contributed by atoms with Crippen LogP contribution in [0.25, 0.3) is 99.0 Å². The molecule has 1 heterocycles. The molecule has 292 valence electrons. The number of benzene rings is 10. The maximum atomic E-state index is 5.23. The van der Waals surface area contributed by atoms with Gasteiger partial charge in [0.1, 0.15) is 5.82 Å². The number of hydrogen-bond acceptors (Lipinski definition) is 1. The molecular weight excluding hydrogens is 749 g/mol. The molecule has 2 nitrogen and oxygen atoms in total. The Morgan fingerprint density at radius 2 is 0.968 bits per heavy atom. The van der Waals surface area contributed by atoms with Crippen LogP contribution in [-0.4, -0.2) is 9.55 Å². The van der Waals surface area contributed by atoms with Crippen molar-refractivity contribution in [3.63, 3.8) is 0 Å². The van der Waals surface area contributed by atoms with Crippen molar-refractivity contribution in [2.24, 2.45) is 0 Å². The maximum Gasteiger partial charge on any atom is 0.145 e. The predicted octanol–water partition coefficient (Wildman–Crippen LogP) is 16.1. The summed E-state index contributed by atoms with van der Waals surface area (Å²) in [5.74, 6) is 1.12. The molecule has 12 rings (SSSR count). The summed E-state index contributed by atoms with van der Waals surface area (Å²) in [5, 5.41) is 10.2. The Morgan fingerprint density at radius 1 is 0.452 bits per heavy atom. The van der Waals surface area contributed by atoms with Crippen LogP contribution in [0.3, 0.4) is 0 Å². The molecule has 62 heavy (non-hydrogen) atoms. The van der Waals surface area contributed by atoms with Crippen LogP contribution in [0.5, 0.6) is 0 Å². The first kappa shape index (κ1) is 36.1. The fourth-order valence-electron chi connectivity index (χ4n) is 10.3. The largest absolute Gasteiger partial charge is 0.292 e. The zero-order valence-corrected chi connectivity index (χ0v) is 34.5. The van der Waals surface area contributed by atoms with E-state index >= 15 is 0 Å². The first-order valence-corrected chi connectivity index (χ1v) is 21.7. The molecule has 0 bridgehead atoms. The van der Waals surface area contributed by atoms with Crippen LogP contribution in [0, 0.1) is 6.92 Å². The second-order valence-electron chi connectivity index (χ2n) is 16.6. The van der Waals surface area contributed by atoms with Gasteiger partial charge >= 0.3 is 0 Å². The van der Waals surface area contributed by atoms with Gasteiger partial charge in [-0.2, -0.15) is 0 Å². The van der Waals surface area contributed by atoms with Gasteiger partial charge in [-0.25, -0.2) is 4.98 Å². The Balaban J connectivity index is 1.05. The van der Waals surface area contributed by atoms with Gasteiger partial charge in [-0.3, -0.25) is 4.57 Å². The number of allylic oxidation sites excluding steroid dienone is 4. The topological polar surface area (TPSA) is 17.8 Å². The number of fused-ring (bicyclic) bond motifs is 5. The standard InChI is InChI=1S/C60H42N2/c1-39-33-35-40(36-34-39)56-46-23-5-7-25-48(46)57(49-26-8-6-24-47(49)56)41-17-15-18-42(37-41)58-50-27-9-11-29-52(50)59(53-30-12-10-28-51(53)58)43-19-16-20-44(38-43)60-61-54-31-13-14-32-55(54)62(60)45-21-3-2-4-22-45/h2-16,18-38,41H,17H2,1H3. The fourth-order valence-corrected chi connectivity index (χ4v) is 10.3. The lowest BCUT2D eigenvalue weighted by molar-refractivity contribution is 0.873. The average Bonchev–Trinajstić information content (AvgIpc) is 3.73. The van der Waals surface area contributed by atoms with E-state index in [4.69, 9.17) is 4.98 Å². The summed E-state index contributed by atoms with van der Waals surface area (Å²) < 4.78 is 2.29. The Hall–Kier alpha value is -7.81. The van der Waals surface area contributed by atoms with Crippen LogP contribution >= 0.6 is 0 Å². The van der Waals surface area contributed by atoms with Gasteiger partial charge in [-0.15, -0.1) is 0 Å². The first-order chi connectivity index (χ1) is 30.7. The normalized spacial score (nSPS) is 14.0. The van der Waals surface area contributed by atoms with Crippen molar-refractivity contribution in [2.45, 2.75) is 19.3 Å². The van der Waals surface area contributed by atoms with Gasteiger partial charge in [-0.05, 0) is 126 Å². The van der Waals surface area contributed by atoms with E-state index in [-0.39, 0.29) is 5.92 Å². The van der Waals surface area contributed by atoms with Gasteiger partial charge < -0.3 is 0 Å². The summed E-state index contributed by atoms with van der Waals surface area (Å²) in [6, 6.07) is 73.1. The third kappa shape index (κ3) is 5.83. The lowest BCUT2D eigenvalue weighted by atomic mass is 9.78. The predicted molar refractivity (Wildman–Crippen MR) is 263 cm³/mol. The molecule has 10 aromatic carbocycles. The van der Waals surface area contributed by atoms with Crippen molar-refractivity contribution < 1.29 is 0 Å².